The van der Waals surface area contributed by atoms with E-state index in [2.05, 4.69) is 54.6 Å². The number of aryl methyl sites for hydroxylation is 2. The molecular formula is C12H13IS. The lowest BCUT2D eigenvalue weighted by atomic mass is 10.1. The van der Waals surface area contributed by atoms with E-state index in [9.17, 15) is 0 Å². The number of hydrogen-bond acceptors (Lipinski definition) is 1. The van der Waals surface area contributed by atoms with E-state index in [0.29, 0.717) is 0 Å². The third-order valence-corrected chi connectivity index (χ3v) is 4.79. The minimum absolute atomic E-state index is 1.14. The molecule has 2 aromatic rings. The van der Waals surface area contributed by atoms with Crippen LogP contribution in [-0.2, 0) is 12.8 Å². The Labute approximate surface area is 102 Å². The summed E-state index contributed by atoms with van der Waals surface area (Å²) in [7, 11) is 0. The van der Waals surface area contributed by atoms with Crippen LogP contribution in [0.25, 0.3) is 10.1 Å². The molecule has 0 saturated heterocycles. The van der Waals surface area contributed by atoms with Crippen LogP contribution in [-0.4, -0.2) is 0 Å². The summed E-state index contributed by atoms with van der Waals surface area (Å²) in [6.45, 7) is 4.45. The lowest BCUT2D eigenvalue weighted by Gasteiger charge is -1.99. The van der Waals surface area contributed by atoms with Gasteiger partial charge >= 0.3 is 0 Å². The van der Waals surface area contributed by atoms with Crippen molar-refractivity contribution in [1.82, 2.24) is 0 Å². The van der Waals surface area contributed by atoms with Crippen molar-refractivity contribution in [1.29, 1.82) is 0 Å². The van der Waals surface area contributed by atoms with Gasteiger partial charge in [0.2, 0.25) is 0 Å². The highest BCUT2D eigenvalue weighted by Crippen LogP contribution is 2.32. The summed E-state index contributed by atoms with van der Waals surface area (Å²) >= 11 is 4.39. The summed E-state index contributed by atoms with van der Waals surface area (Å²) in [5.74, 6) is 0. The van der Waals surface area contributed by atoms with Crippen molar-refractivity contribution >= 4 is 44.0 Å². The molecular weight excluding hydrogens is 303 g/mol. The van der Waals surface area contributed by atoms with Gasteiger partial charge in [0.1, 0.15) is 0 Å². The zero-order chi connectivity index (χ0) is 10.1. The molecule has 0 aliphatic rings. The van der Waals surface area contributed by atoms with Crippen LogP contribution in [0.5, 0.6) is 0 Å². The molecule has 0 aliphatic carbocycles. The van der Waals surface area contributed by atoms with Gasteiger partial charge in [0.15, 0.2) is 0 Å². The van der Waals surface area contributed by atoms with Crippen LogP contribution in [0, 0.1) is 3.57 Å². The minimum atomic E-state index is 1.14. The van der Waals surface area contributed by atoms with Gasteiger partial charge in [0.25, 0.3) is 0 Å². The fourth-order valence-corrected chi connectivity index (χ4v) is 3.64. The predicted molar refractivity (Wildman–Crippen MR) is 73.3 cm³/mol. The summed E-state index contributed by atoms with van der Waals surface area (Å²) in [4.78, 5) is 1.50. The Balaban J connectivity index is 2.74. The zero-order valence-electron chi connectivity index (χ0n) is 8.43. The third kappa shape index (κ3) is 1.70. The largest absolute Gasteiger partial charge is 0.140 e. The normalized spacial score (nSPS) is 11.1. The molecule has 74 valence electrons. The first kappa shape index (κ1) is 10.4. The summed E-state index contributed by atoms with van der Waals surface area (Å²) in [5, 5.41) is 1.45. The van der Waals surface area contributed by atoms with Crippen molar-refractivity contribution < 1.29 is 0 Å². The predicted octanol–water partition coefficient (Wildman–Crippen LogP) is 4.63. The molecule has 0 amide bonds. The smallest absolute Gasteiger partial charge is 0.0388 e. The third-order valence-electron chi connectivity index (χ3n) is 2.49. The topological polar surface area (TPSA) is 0 Å². The summed E-state index contributed by atoms with van der Waals surface area (Å²) in [5.41, 5.74) is 1.49. The number of fused-ring (bicyclic) bond motifs is 1. The maximum atomic E-state index is 2.43. The average molecular weight is 316 g/mol. The molecule has 0 saturated carbocycles. The van der Waals surface area contributed by atoms with Crippen LogP contribution >= 0.6 is 33.9 Å². The van der Waals surface area contributed by atoms with Crippen molar-refractivity contribution in [2.24, 2.45) is 0 Å². The van der Waals surface area contributed by atoms with E-state index in [-0.39, 0.29) is 0 Å². The fraction of sp³-hybridized carbons (Fsp3) is 0.333. The molecule has 1 aromatic heterocycles. The quantitative estimate of drug-likeness (QED) is 0.709. The second-order valence-corrected chi connectivity index (χ2v) is 5.67. The summed E-state index contributed by atoms with van der Waals surface area (Å²) in [6, 6.07) is 6.84. The fourth-order valence-electron chi connectivity index (χ4n) is 1.65. The van der Waals surface area contributed by atoms with E-state index >= 15 is 0 Å². The summed E-state index contributed by atoms with van der Waals surface area (Å²) in [6.07, 6.45) is 2.29. The van der Waals surface area contributed by atoms with Crippen LogP contribution in [0.4, 0.5) is 0 Å². The van der Waals surface area contributed by atoms with Gasteiger partial charge in [-0.3, -0.25) is 0 Å². The SMILES string of the molecule is CCc1cc2c(I)ccc(CC)c2s1. The van der Waals surface area contributed by atoms with E-state index in [1.165, 1.54) is 24.1 Å². The molecule has 0 unspecified atom stereocenters. The van der Waals surface area contributed by atoms with Gasteiger partial charge in [0, 0.05) is 18.5 Å². The molecule has 0 N–H and O–H groups in total. The second kappa shape index (κ2) is 4.19. The molecule has 2 rings (SSSR count). The van der Waals surface area contributed by atoms with Crippen molar-refractivity contribution in [3.05, 3.63) is 32.2 Å². The van der Waals surface area contributed by atoms with Crippen molar-refractivity contribution in [3.8, 4) is 0 Å². The molecule has 0 atom stereocenters. The van der Waals surface area contributed by atoms with Gasteiger partial charge in [-0.1, -0.05) is 19.9 Å². The Morgan fingerprint density at radius 1 is 1.21 bits per heavy atom. The Bertz CT molecular complexity index is 457. The first-order valence-electron chi connectivity index (χ1n) is 4.96. The Kier molecular flexibility index (Phi) is 3.12. The van der Waals surface area contributed by atoms with E-state index in [0.717, 1.165) is 12.8 Å². The van der Waals surface area contributed by atoms with Crippen LogP contribution in [0.2, 0.25) is 0 Å². The second-order valence-electron chi connectivity index (χ2n) is 3.37. The average Bonchev–Trinajstić information content (AvgIpc) is 2.63. The lowest BCUT2D eigenvalue weighted by Crippen LogP contribution is -1.81. The molecule has 0 radical (unpaired) electrons. The minimum Gasteiger partial charge on any atom is -0.140 e. The molecule has 1 heterocycles. The van der Waals surface area contributed by atoms with E-state index in [1.807, 2.05) is 11.3 Å². The van der Waals surface area contributed by atoms with E-state index < -0.39 is 0 Å². The van der Waals surface area contributed by atoms with Crippen molar-refractivity contribution in [3.63, 3.8) is 0 Å². The highest BCUT2D eigenvalue weighted by atomic mass is 127. The van der Waals surface area contributed by atoms with Crippen LogP contribution in [0.3, 0.4) is 0 Å². The monoisotopic (exact) mass is 316 g/mol. The highest BCUT2D eigenvalue weighted by Gasteiger charge is 2.07. The molecule has 0 aliphatic heterocycles. The maximum absolute atomic E-state index is 2.43. The maximum Gasteiger partial charge on any atom is 0.0388 e. The van der Waals surface area contributed by atoms with E-state index in [4.69, 9.17) is 0 Å². The summed E-state index contributed by atoms with van der Waals surface area (Å²) < 4.78 is 2.88. The number of halogens is 1. The standard InChI is InChI=1S/C12H13IS/c1-3-8-5-6-11(13)10-7-9(4-2)14-12(8)10/h5-7H,3-4H2,1-2H3. The number of rotatable bonds is 2. The molecule has 0 nitrogen and oxygen atoms in total. The van der Waals surface area contributed by atoms with Gasteiger partial charge in [-0.05, 0) is 53.1 Å². The zero-order valence-corrected chi connectivity index (χ0v) is 11.4. The first-order valence-corrected chi connectivity index (χ1v) is 6.85. The van der Waals surface area contributed by atoms with Gasteiger partial charge in [0.05, 0.1) is 0 Å². The van der Waals surface area contributed by atoms with Gasteiger partial charge in [-0.2, -0.15) is 0 Å². The van der Waals surface area contributed by atoms with Gasteiger partial charge in [-0.15, -0.1) is 11.3 Å². The Morgan fingerprint density at radius 2 is 2.00 bits per heavy atom. The van der Waals surface area contributed by atoms with E-state index in [1.54, 1.807) is 0 Å². The first-order chi connectivity index (χ1) is 6.76. The van der Waals surface area contributed by atoms with Crippen molar-refractivity contribution in [2.45, 2.75) is 26.7 Å². The van der Waals surface area contributed by atoms with Crippen molar-refractivity contribution in [2.75, 3.05) is 0 Å². The highest BCUT2D eigenvalue weighted by molar-refractivity contribution is 14.1. The van der Waals surface area contributed by atoms with Gasteiger partial charge in [-0.25, -0.2) is 0 Å². The molecule has 1 aromatic carbocycles. The molecule has 0 bridgehead atoms. The molecule has 14 heavy (non-hydrogen) atoms. The number of thiophene rings is 1. The molecule has 2 heteroatoms. The van der Waals surface area contributed by atoms with Crippen LogP contribution in [0.15, 0.2) is 18.2 Å². The Morgan fingerprint density at radius 3 is 2.64 bits per heavy atom. The Hall–Kier alpha value is -0.0900. The molecule has 0 fully saturated rings. The molecule has 0 spiro atoms. The number of hydrogen-bond donors (Lipinski definition) is 0. The van der Waals surface area contributed by atoms with Crippen LogP contribution in [0.1, 0.15) is 24.3 Å². The van der Waals surface area contributed by atoms with Crippen LogP contribution < -0.4 is 0 Å². The van der Waals surface area contributed by atoms with Gasteiger partial charge < -0.3 is 0 Å². The lowest BCUT2D eigenvalue weighted by molar-refractivity contribution is 1.16. The number of benzene rings is 1.